The van der Waals surface area contributed by atoms with Gasteiger partial charge in [-0.3, -0.25) is 4.79 Å². The van der Waals surface area contributed by atoms with Gasteiger partial charge in [-0.15, -0.1) is 11.8 Å². The van der Waals surface area contributed by atoms with Crippen molar-refractivity contribution in [1.82, 2.24) is 5.32 Å². The van der Waals surface area contributed by atoms with E-state index < -0.39 is 11.2 Å². The number of aliphatic carboxylic acids is 1. The van der Waals surface area contributed by atoms with Crippen LogP contribution in [-0.2, 0) is 9.53 Å². The van der Waals surface area contributed by atoms with Crippen molar-refractivity contribution < 1.29 is 19.4 Å². The van der Waals surface area contributed by atoms with Crippen molar-refractivity contribution in [2.24, 2.45) is 17.8 Å². The molecule has 3 unspecified atom stereocenters. The van der Waals surface area contributed by atoms with E-state index in [9.17, 15) is 9.59 Å². The van der Waals surface area contributed by atoms with Crippen molar-refractivity contribution >= 4 is 33.7 Å². The minimum Gasteiger partial charge on any atom is -0.480 e. The van der Waals surface area contributed by atoms with Crippen LogP contribution < -0.4 is 5.32 Å². The molecule has 2 aliphatic carbocycles. The fourth-order valence-corrected chi connectivity index (χ4v) is 4.86. The Balaban J connectivity index is 1.50. The predicted molar refractivity (Wildman–Crippen MR) is 93.2 cm³/mol. The zero-order chi connectivity index (χ0) is 16.7. The molecule has 0 aliphatic heterocycles. The lowest BCUT2D eigenvalue weighted by Crippen LogP contribution is -2.27. The normalized spacial score (nSPS) is 26.6. The van der Waals surface area contributed by atoms with Crippen LogP contribution in [0.2, 0.25) is 0 Å². The average Bonchev–Trinajstić information content (AvgIpc) is 3.14. The van der Waals surface area contributed by atoms with Crippen molar-refractivity contribution in [3.8, 4) is 11.8 Å². The minimum absolute atomic E-state index is 0.377. The van der Waals surface area contributed by atoms with Crippen LogP contribution in [0.1, 0.15) is 32.6 Å². The molecule has 0 heterocycles. The summed E-state index contributed by atoms with van der Waals surface area (Å²) in [6, 6.07) is 0. The van der Waals surface area contributed by atoms with Crippen molar-refractivity contribution in [3.63, 3.8) is 0 Å². The summed E-state index contributed by atoms with van der Waals surface area (Å²) in [5.41, 5.74) is 0. The monoisotopic (exact) mass is 357 g/mol. The molecule has 1 amide bonds. The Bertz CT molecular complexity index is 470. The second kappa shape index (κ2) is 9.33. The van der Waals surface area contributed by atoms with E-state index in [1.165, 1.54) is 21.6 Å². The highest BCUT2D eigenvalue weighted by Gasteiger charge is 2.49. The zero-order valence-corrected chi connectivity index (χ0v) is 14.9. The van der Waals surface area contributed by atoms with Crippen LogP contribution in [-0.4, -0.2) is 41.3 Å². The molecule has 2 rings (SSSR count). The Morgan fingerprint density at radius 2 is 1.96 bits per heavy atom. The number of fused-ring (bicyclic) bond motifs is 1. The van der Waals surface area contributed by atoms with Crippen molar-refractivity contribution in [1.29, 1.82) is 0 Å². The van der Waals surface area contributed by atoms with Gasteiger partial charge >= 0.3 is 12.1 Å². The van der Waals surface area contributed by atoms with Crippen LogP contribution in [0.25, 0.3) is 0 Å². The topological polar surface area (TPSA) is 75.6 Å². The Morgan fingerprint density at radius 1 is 1.30 bits per heavy atom. The van der Waals surface area contributed by atoms with Crippen LogP contribution in [0, 0.1) is 29.6 Å². The van der Waals surface area contributed by atoms with Crippen LogP contribution in [0.3, 0.4) is 0 Å². The SMILES string of the molecule is CC(SSCCNC(=O)OCC1C2CCC#CCCC21)C(=O)O. The van der Waals surface area contributed by atoms with Crippen LogP contribution >= 0.6 is 21.6 Å². The van der Waals surface area contributed by atoms with Gasteiger partial charge in [-0.2, -0.15) is 0 Å². The Kier molecular flexibility index (Phi) is 7.44. The number of carboxylic acids is 1. The maximum absolute atomic E-state index is 11.7. The molecule has 23 heavy (non-hydrogen) atoms. The third kappa shape index (κ3) is 6.19. The molecule has 0 aromatic carbocycles. The molecule has 5 nitrogen and oxygen atoms in total. The summed E-state index contributed by atoms with van der Waals surface area (Å²) in [4.78, 5) is 22.3. The molecule has 3 atom stereocenters. The third-order valence-electron chi connectivity index (χ3n) is 4.26. The smallest absolute Gasteiger partial charge is 0.407 e. The van der Waals surface area contributed by atoms with Crippen LogP contribution in [0.15, 0.2) is 0 Å². The molecular weight excluding hydrogens is 334 g/mol. The number of carbonyl (C=O) groups is 2. The maximum Gasteiger partial charge on any atom is 0.407 e. The average molecular weight is 357 g/mol. The number of rotatable bonds is 8. The number of ether oxygens (including phenoxy) is 1. The molecule has 0 aromatic rings. The molecule has 128 valence electrons. The molecule has 0 saturated heterocycles. The molecule has 1 fully saturated rings. The highest BCUT2D eigenvalue weighted by atomic mass is 33.1. The first kappa shape index (κ1) is 18.3. The number of nitrogens with one attached hydrogen (secondary N) is 1. The molecule has 2 N–H and O–H groups in total. The second-order valence-electron chi connectivity index (χ2n) is 5.85. The van der Waals surface area contributed by atoms with Gasteiger partial charge in [0.25, 0.3) is 0 Å². The van der Waals surface area contributed by atoms with Gasteiger partial charge in [0.05, 0.1) is 6.61 Å². The lowest BCUT2D eigenvalue weighted by Gasteiger charge is -2.07. The van der Waals surface area contributed by atoms with Gasteiger partial charge in [0.15, 0.2) is 0 Å². The van der Waals surface area contributed by atoms with Gasteiger partial charge in [-0.1, -0.05) is 21.6 Å². The highest BCUT2D eigenvalue weighted by Crippen LogP contribution is 2.52. The first-order valence-electron chi connectivity index (χ1n) is 7.97. The van der Waals surface area contributed by atoms with Crippen molar-refractivity contribution in [2.75, 3.05) is 18.9 Å². The van der Waals surface area contributed by atoms with E-state index in [0.29, 0.717) is 36.7 Å². The number of hydrogen-bond donors (Lipinski definition) is 2. The highest BCUT2D eigenvalue weighted by molar-refractivity contribution is 8.77. The molecule has 7 heteroatoms. The van der Waals surface area contributed by atoms with Crippen LogP contribution in [0.5, 0.6) is 0 Å². The van der Waals surface area contributed by atoms with E-state index in [1.54, 1.807) is 6.92 Å². The summed E-state index contributed by atoms with van der Waals surface area (Å²) in [5.74, 6) is 8.05. The molecule has 0 spiro atoms. The van der Waals surface area contributed by atoms with Gasteiger partial charge < -0.3 is 15.2 Å². The van der Waals surface area contributed by atoms with Gasteiger partial charge in [0.1, 0.15) is 5.25 Å². The third-order valence-corrected chi connectivity index (χ3v) is 7.03. The van der Waals surface area contributed by atoms with Crippen LogP contribution in [0.4, 0.5) is 4.79 Å². The molecule has 0 radical (unpaired) electrons. The lowest BCUT2D eigenvalue weighted by atomic mass is 10.1. The van der Waals surface area contributed by atoms with Crippen molar-refractivity contribution in [3.05, 3.63) is 0 Å². The van der Waals surface area contributed by atoms with E-state index >= 15 is 0 Å². The number of carbonyl (C=O) groups excluding carboxylic acids is 1. The molecule has 0 bridgehead atoms. The first-order chi connectivity index (χ1) is 11.1. The number of amides is 1. The lowest BCUT2D eigenvalue weighted by molar-refractivity contribution is -0.136. The number of carboxylic acid groups (broad SMARTS) is 1. The van der Waals surface area contributed by atoms with Gasteiger partial charge in [-0.25, -0.2) is 4.79 Å². The fraction of sp³-hybridized carbons (Fsp3) is 0.750. The minimum atomic E-state index is -0.822. The summed E-state index contributed by atoms with van der Waals surface area (Å²) in [6.45, 7) is 2.62. The summed E-state index contributed by atoms with van der Waals surface area (Å²) in [7, 11) is 2.74. The summed E-state index contributed by atoms with van der Waals surface area (Å²) in [5, 5.41) is 11.0. The molecular formula is C16H23NO4S2. The van der Waals surface area contributed by atoms with Gasteiger partial charge in [-0.05, 0) is 37.5 Å². The summed E-state index contributed by atoms with van der Waals surface area (Å²) >= 11 is 0. The van der Waals surface area contributed by atoms with E-state index in [1.807, 2.05) is 0 Å². The Morgan fingerprint density at radius 3 is 2.57 bits per heavy atom. The fourth-order valence-electron chi connectivity index (χ4n) is 2.89. The molecule has 1 saturated carbocycles. The van der Waals surface area contributed by atoms with Gasteiger partial charge in [0.2, 0.25) is 0 Å². The van der Waals surface area contributed by atoms with E-state index in [2.05, 4.69) is 17.2 Å². The standard InChI is InChI=1S/C16H23NO4S2/c1-11(15(18)19)23-22-9-8-17-16(20)21-10-14-12-6-4-2-3-5-7-13(12)14/h11-14H,4-10H2,1H3,(H,17,20)(H,18,19). The van der Waals surface area contributed by atoms with Gasteiger partial charge in [0, 0.05) is 25.1 Å². The summed E-state index contributed by atoms with van der Waals surface area (Å²) in [6.07, 6.45) is 3.81. The summed E-state index contributed by atoms with van der Waals surface area (Å²) < 4.78 is 5.30. The quantitative estimate of drug-likeness (QED) is 0.395. The zero-order valence-electron chi connectivity index (χ0n) is 13.2. The first-order valence-corrected chi connectivity index (χ1v) is 10.3. The van der Waals surface area contributed by atoms with E-state index in [-0.39, 0.29) is 6.09 Å². The molecule has 2 aliphatic rings. The number of alkyl carbamates (subject to hydrolysis) is 1. The largest absolute Gasteiger partial charge is 0.480 e. The Hall–Kier alpha value is -1.00. The maximum atomic E-state index is 11.7. The van der Waals surface area contributed by atoms with E-state index in [4.69, 9.17) is 9.84 Å². The van der Waals surface area contributed by atoms with E-state index in [0.717, 1.165) is 25.7 Å². The molecule has 0 aromatic heterocycles. The predicted octanol–water partition coefficient (Wildman–Crippen LogP) is 3.01. The second-order valence-corrected chi connectivity index (χ2v) is 8.67. The van der Waals surface area contributed by atoms with Crippen molar-refractivity contribution in [2.45, 2.75) is 37.9 Å². The number of hydrogen-bond acceptors (Lipinski definition) is 5. The Labute approximate surface area is 145 Å².